The normalized spacial score (nSPS) is 12.4. The highest BCUT2D eigenvalue weighted by Crippen LogP contribution is 2.13. The summed E-state index contributed by atoms with van der Waals surface area (Å²) in [5.74, 6) is 0.177. The average molecular weight is 284 g/mol. The Kier molecular flexibility index (Phi) is 5.82. The topological polar surface area (TPSA) is 102 Å². The highest BCUT2D eigenvalue weighted by molar-refractivity contribution is 5.61. The predicted molar refractivity (Wildman–Crippen MR) is 80.1 cm³/mol. The number of hydrogen-bond donors (Lipinski definition) is 3. The van der Waals surface area contributed by atoms with Gasteiger partial charge in [0.05, 0.1) is 0 Å². The van der Waals surface area contributed by atoms with Crippen LogP contribution in [0.5, 0.6) is 0 Å². The quantitative estimate of drug-likeness (QED) is 0.659. The van der Waals surface area contributed by atoms with Gasteiger partial charge in [-0.3, -0.25) is 13.9 Å². The zero-order valence-corrected chi connectivity index (χ0v) is 12.3. The lowest BCUT2D eigenvalue weighted by Crippen LogP contribution is -2.41. The smallest absolute Gasteiger partial charge is 0.332 e. The molecule has 0 fully saturated rings. The number of aliphatic hydroxyl groups is 1. The highest BCUT2D eigenvalue weighted by Gasteiger charge is 2.16. The Balaban J connectivity index is 3.19. The molecule has 0 spiro atoms. The van der Waals surface area contributed by atoms with Crippen LogP contribution < -0.4 is 22.3 Å². The molecule has 1 unspecified atom stereocenters. The van der Waals surface area contributed by atoms with Crippen LogP contribution in [0.15, 0.2) is 9.59 Å². The van der Waals surface area contributed by atoms with E-state index >= 15 is 0 Å². The van der Waals surface area contributed by atoms with Crippen molar-refractivity contribution in [3.63, 3.8) is 0 Å². The third-order valence-corrected chi connectivity index (χ3v) is 3.22. The van der Waals surface area contributed by atoms with Crippen LogP contribution in [0, 0.1) is 0 Å². The van der Waals surface area contributed by atoms with Crippen LogP contribution in [0.2, 0.25) is 0 Å². The Bertz CT molecular complexity index is 562. The number of aromatic nitrogens is 2. The van der Waals surface area contributed by atoms with Crippen molar-refractivity contribution in [2.75, 3.05) is 17.7 Å². The molecule has 20 heavy (non-hydrogen) atoms. The van der Waals surface area contributed by atoms with Crippen LogP contribution in [-0.4, -0.2) is 26.9 Å². The van der Waals surface area contributed by atoms with Gasteiger partial charge in [-0.2, -0.15) is 0 Å². The Morgan fingerprint density at radius 1 is 1.40 bits per heavy atom. The minimum Gasteiger partial charge on any atom is -0.396 e. The molecular weight excluding hydrogens is 260 g/mol. The van der Waals surface area contributed by atoms with Gasteiger partial charge in [0, 0.05) is 26.2 Å². The van der Waals surface area contributed by atoms with E-state index in [1.54, 1.807) is 0 Å². The third-order valence-electron chi connectivity index (χ3n) is 3.22. The van der Waals surface area contributed by atoms with Gasteiger partial charge in [0.2, 0.25) is 0 Å². The lowest BCUT2D eigenvalue weighted by Gasteiger charge is -2.19. The summed E-state index contributed by atoms with van der Waals surface area (Å²) < 4.78 is 2.47. The number of anilines is 2. The second kappa shape index (κ2) is 7.14. The fourth-order valence-corrected chi connectivity index (χ4v) is 2.07. The number of aliphatic hydroxyl groups excluding tert-OH is 1. The Morgan fingerprint density at radius 3 is 2.60 bits per heavy atom. The fraction of sp³-hybridized carbons (Fsp3) is 0.692. The number of nitrogens with zero attached hydrogens (tertiary/aromatic N) is 2. The average Bonchev–Trinajstić information content (AvgIpc) is 2.43. The van der Waals surface area contributed by atoms with E-state index in [-0.39, 0.29) is 24.2 Å². The van der Waals surface area contributed by atoms with Crippen LogP contribution in [-0.2, 0) is 13.6 Å². The monoisotopic (exact) mass is 284 g/mol. The molecule has 1 aromatic rings. The van der Waals surface area contributed by atoms with E-state index in [1.165, 1.54) is 11.6 Å². The maximum Gasteiger partial charge on any atom is 0.332 e. The van der Waals surface area contributed by atoms with E-state index in [2.05, 4.69) is 5.32 Å². The summed E-state index contributed by atoms with van der Waals surface area (Å²) in [6.07, 6.45) is 2.11. The number of nitrogens with two attached hydrogens (primary N) is 1. The summed E-state index contributed by atoms with van der Waals surface area (Å²) in [7, 11) is 1.44. The van der Waals surface area contributed by atoms with Gasteiger partial charge in [0.1, 0.15) is 11.5 Å². The van der Waals surface area contributed by atoms with E-state index in [0.717, 1.165) is 11.0 Å². The van der Waals surface area contributed by atoms with Gasteiger partial charge in [-0.05, 0) is 26.2 Å². The number of nitrogen functional groups attached to an aromatic ring is 1. The van der Waals surface area contributed by atoms with Crippen LogP contribution in [0.4, 0.5) is 11.5 Å². The Labute approximate surface area is 118 Å². The molecule has 7 nitrogen and oxygen atoms in total. The van der Waals surface area contributed by atoms with Crippen LogP contribution >= 0.6 is 0 Å². The first-order chi connectivity index (χ1) is 9.43. The van der Waals surface area contributed by atoms with Crippen molar-refractivity contribution in [2.45, 2.75) is 45.7 Å². The molecule has 0 saturated heterocycles. The number of nitrogens with one attached hydrogen (secondary N) is 1. The molecule has 0 radical (unpaired) electrons. The van der Waals surface area contributed by atoms with E-state index in [9.17, 15) is 9.59 Å². The van der Waals surface area contributed by atoms with Crippen molar-refractivity contribution in [2.24, 2.45) is 7.05 Å². The zero-order chi connectivity index (χ0) is 15.3. The number of rotatable bonds is 7. The second-order valence-corrected chi connectivity index (χ2v) is 4.97. The molecule has 0 aliphatic carbocycles. The SMILES string of the molecule is CCCn1c(N)c(NC(C)CCCO)c(=O)n(C)c1=O. The van der Waals surface area contributed by atoms with E-state index in [0.29, 0.717) is 19.4 Å². The van der Waals surface area contributed by atoms with Crippen molar-refractivity contribution in [3.05, 3.63) is 20.8 Å². The van der Waals surface area contributed by atoms with E-state index in [1.807, 2.05) is 13.8 Å². The molecule has 1 atom stereocenters. The van der Waals surface area contributed by atoms with Gasteiger partial charge in [0.25, 0.3) is 5.56 Å². The minimum atomic E-state index is -0.421. The third kappa shape index (κ3) is 3.41. The molecule has 114 valence electrons. The van der Waals surface area contributed by atoms with Gasteiger partial charge in [0.15, 0.2) is 0 Å². The summed E-state index contributed by atoms with van der Waals surface area (Å²) in [4.78, 5) is 24.1. The van der Waals surface area contributed by atoms with Gasteiger partial charge < -0.3 is 16.2 Å². The summed E-state index contributed by atoms with van der Waals surface area (Å²) in [6, 6.07) is -0.00951. The molecule has 1 aromatic heterocycles. The molecule has 0 bridgehead atoms. The van der Waals surface area contributed by atoms with Crippen LogP contribution in [0.3, 0.4) is 0 Å². The molecule has 1 heterocycles. The molecular formula is C13H24N4O3. The minimum absolute atomic E-state index is 0.00951. The van der Waals surface area contributed by atoms with Gasteiger partial charge in [-0.25, -0.2) is 4.79 Å². The Hall–Kier alpha value is -1.76. The van der Waals surface area contributed by atoms with Gasteiger partial charge in [-0.15, -0.1) is 0 Å². The van der Waals surface area contributed by atoms with Crippen molar-refractivity contribution in [1.82, 2.24) is 9.13 Å². The molecule has 0 aromatic carbocycles. The number of hydrogen-bond acceptors (Lipinski definition) is 5. The Morgan fingerprint density at radius 2 is 2.05 bits per heavy atom. The largest absolute Gasteiger partial charge is 0.396 e. The van der Waals surface area contributed by atoms with E-state index < -0.39 is 11.2 Å². The summed E-state index contributed by atoms with van der Waals surface area (Å²) >= 11 is 0. The lowest BCUT2D eigenvalue weighted by molar-refractivity contribution is 0.282. The molecule has 0 aliphatic heterocycles. The van der Waals surface area contributed by atoms with Crippen molar-refractivity contribution >= 4 is 11.5 Å². The lowest BCUT2D eigenvalue weighted by atomic mass is 10.2. The van der Waals surface area contributed by atoms with E-state index in [4.69, 9.17) is 10.8 Å². The molecule has 0 aliphatic rings. The molecule has 4 N–H and O–H groups in total. The first-order valence-electron chi connectivity index (χ1n) is 6.90. The van der Waals surface area contributed by atoms with Gasteiger partial charge in [-0.1, -0.05) is 6.92 Å². The first kappa shape index (κ1) is 16.3. The molecule has 0 amide bonds. The second-order valence-electron chi connectivity index (χ2n) is 4.97. The summed E-state index contributed by atoms with van der Waals surface area (Å²) in [5, 5.41) is 11.9. The predicted octanol–water partition coefficient (Wildman–Crippen LogP) is 0.112. The summed E-state index contributed by atoms with van der Waals surface area (Å²) in [6.45, 7) is 4.42. The molecule has 7 heteroatoms. The standard InChI is InChI=1S/C13H24N4O3/c1-4-7-17-11(14)10(12(19)16(3)13(17)20)15-9(2)6-5-8-18/h9,15,18H,4-8,14H2,1-3H3. The van der Waals surface area contributed by atoms with Crippen molar-refractivity contribution in [1.29, 1.82) is 0 Å². The first-order valence-corrected chi connectivity index (χ1v) is 6.90. The maximum atomic E-state index is 12.1. The van der Waals surface area contributed by atoms with Crippen molar-refractivity contribution < 1.29 is 5.11 Å². The maximum absolute atomic E-state index is 12.1. The summed E-state index contributed by atoms with van der Waals surface area (Å²) in [5.41, 5.74) is 5.39. The fourth-order valence-electron chi connectivity index (χ4n) is 2.07. The van der Waals surface area contributed by atoms with Crippen LogP contribution in [0.1, 0.15) is 33.1 Å². The molecule has 0 saturated carbocycles. The van der Waals surface area contributed by atoms with Gasteiger partial charge >= 0.3 is 5.69 Å². The van der Waals surface area contributed by atoms with Crippen molar-refractivity contribution in [3.8, 4) is 0 Å². The molecule has 1 rings (SSSR count). The van der Waals surface area contributed by atoms with Crippen LogP contribution in [0.25, 0.3) is 0 Å². The highest BCUT2D eigenvalue weighted by atomic mass is 16.3. The zero-order valence-electron chi connectivity index (χ0n) is 12.3.